The molecule has 5 heteroatoms. The van der Waals surface area contributed by atoms with Crippen LogP contribution in [0.1, 0.15) is 25.3 Å². The Kier molecular flexibility index (Phi) is 6.15. The van der Waals surface area contributed by atoms with Crippen molar-refractivity contribution in [1.82, 2.24) is 20.0 Å². The molecule has 1 aromatic carbocycles. The number of hydrogen-bond donors (Lipinski definition) is 1. The van der Waals surface area contributed by atoms with Crippen molar-refractivity contribution in [3.05, 3.63) is 48.3 Å². The summed E-state index contributed by atoms with van der Waals surface area (Å²) >= 11 is 0. The second-order valence-electron chi connectivity index (χ2n) is 5.50. The quantitative estimate of drug-likeness (QED) is 0.761. The summed E-state index contributed by atoms with van der Waals surface area (Å²) < 4.78 is 1.85. The molecule has 1 amide bonds. The molecule has 0 bridgehead atoms. The van der Waals surface area contributed by atoms with Crippen LogP contribution in [0.4, 0.5) is 0 Å². The lowest BCUT2D eigenvalue weighted by atomic mass is 10.3. The van der Waals surface area contributed by atoms with Gasteiger partial charge in [-0.05, 0) is 25.6 Å². The first-order valence-corrected chi connectivity index (χ1v) is 7.73. The Morgan fingerprint density at radius 1 is 1.32 bits per heavy atom. The van der Waals surface area contributed by atoms with Crippen molar-refractivity contribution in [2.24, 2.45) is 0 Å². The third kappa shape index (κ3) is 5.00. The zero-order valence-corrected chi connectivity index (χ0v) is 13.3. The molecule has 2 aromatic rings. The Hall–Kier alpha value is -2.14. The van der Waals surface area contributed by atoms with Crippen LogP contribution < -0.4 is 5.32 Å². The molecule has 1 aromatic heterocycles. The fraction of sp³-hybridized carbons (Fsp3) is 0.412. The minimum atomic E-state index is 0.0754. The molecule has 0 aliphatic carbocycles. The molecule has 22 heavy (non-hydrogen) atoms. The van der Waals surface area contributed by atoms with E-state index in [4.69, 9.17) is 0 Å². The van der Waals surface area contributed by atoms with Gasteiger partial charge >= 0.3 is 0 Å². The van der Waals surface area contributed by atoms with Gasteiger partial charge in [0.05, 0.1) is 18.4 Å². The molecule has 0 atom stereocenters. The molecule has 5 nitrogen and oxygen atoms in total. The van der Waals surface area contributed by atoms with Gasteiger partial charge in [0, 0.05) is 24.8 Å². The van der Waals surface area contributed by atoms with Gasteiger partial charge in [0.1, 0.15) is 0 Å². The van der Waals surface area contributed by atoms with Gasteiger partial charge in [0.2, 0.25) is 5.91 Å². The highest BCUT2D eigenvalue weighted by Gasteiger charge is 2.08. The maximum Gasteiger partial charge on any atom is 0.234 e. The monoisotopic (exact) mass is 300 g/mol. The minimum absolute atomic E-state index is 0.0754. The maximum absolute atomic E-state index is 11.8. The minimum Gasteiger partial charge on any atom is -0.355 e. The molecular formula is C17H24N4O. The summed E-state index contributed by atoms with van der Waals surface area (Å²) in [4.78, 5) is 13.8. The summed E-state index contributed by atoms with van der Waals surface area (Å²) in [7, 11) is 1.94. The zero-order valence-electron chi connectivity index (χ0n) is 13.3. The van der Waals surface area contributed by atoms with E-state index in [0.29, 0.717) is 13.1 Å². The summed E-state index contributed by atoms with van der Waals surface area (Å²) in [6.07, 6.45) is 5.97. The smallest absolute Gasteiger partial charge is 0.234 e. The van der Waals surface area contributed by atoms with Gasteiger partial charge in [-0.1, -0.05) is 31.5 Å². The van der Waals surface area contributed by atoms with Crippen LogP contribution in [0.2, 0.25) is 0 Å². The van der Waals surface area contributed by atoms with E-state index in [1.165, 1.54) is 0 Å². The average molecular weight is 300 g/mol. The fourth-order valence-corrected chi connectivity index (χ4v) is 2.24. The highest BCUT2D eigenvalue weighted by atomic mass is 16.2. The Balaban J connectivity index is 1.83. The summed E-state index contributed by atoms with van der Waals surface area (Å²) in [5.41, 5.74) is 2.13. The molecule has 2 rings (SSSR count). The Morgan fingerprint density at radius 2 is 2.09 bits per heavy atom. The summed E-state index contributed by atoms with van der Waals surface area (Å²) in [5.74, 6) is 0.0754. The number of aromatic nitrogens is 2. The number of hydrogen-bond acceptors (Lipinski definition) is 3. The van der Waals surface area contributed by atoms with Crippen molar-refractivity contribution < 1.29 is 4.79 Å². The molecule has 0 saturated carbocycles. The van der Waals surface area contributed by atoms with Crippen LogP contribution >= 0.6 is 0 Å². The van der Waals surface area contributed by atoms with Crippen molar-refractivity contribution in [3.63, 3.8) is 0 Å². The normalized spacial score (nSPS) is 10.9. The Labute approximate surface area is 131 Å². The number of para-hydroxylation sites is 1. The van der Waals surface area contributed by atoms with Crippen molar-refractivity contribution >= 4 is 5.91 Å². The number of amides is 1. The molecule has 0 fully saturated rings. The number of benzene rings is 1. The number of likely N-dealkylation sites (N-methyl/N-ethyl adjacent to an activating group) is 1. The molecule has 0 aliphatic heterocycles. The summed E-state index contributed by atoms with van der Waals surface area (Å²) in [6, 6.07) is 10.00. The van der Waals surface area contributed by atoms with Crippen LogP contribution in [-0.2, 0) is 11.3 Å². The molecule has 0 aliphatic rings. The van der Waals surface area contributed by atoms with Gasteiger partial charge in [-0.25, -0.2) is 4.68 Å². The van der Waals surface area contributed by atoms with Crippen molar-refractivity contribution in [1.29, 1.82) is 0 Å². The Morgan fingerprint density at radius 3 is 2.82 bits per heavy atom. The first-order chi connectivity index (χ1) is 10.7. The third-order valence-corrected chi connectivity index (χ3v) is 3.38. The first-order valence-electron chi connectivity index (χ1n) is 7.73. The van der Waals surface area contributed by atoms with Gasteiger partial charge in [-0.15, -0.1) is 0 Å². The van der Waals surface area contributed by atoms with Gasteiger partial charge < -0.3 is 5.32 Å². The standard InChI is InChI=1S/C17H24N4O/c1-3-4-10-18-17(22)14-20(2)12-15-11-19-21(13-15)16-8-6-5-7-9-16/h5-9,11,13H,3-4,10,12,14H2,1-2H3,(H,18,22). The van der Waals surface area contributed by atoms with E-state index in [1.807, 2.05) is 59.4 Å². The molecule has 1 N–H and O–H groups in total. The Bertz CT molecular complexity index is 579. The molecule has 118 valence electrons. The number of carbonyl (C=O) groups is 1. The van der Waals surface area contributed by atoms with Gasteiger partial charge in [-0.3, -0.25) is 9.69 Å². The number of nitrogens with one attached hydrogen (secondary N) is 1. The second kappa shape index (κ2) is 8.34. The number of carbonyl (C=O) groups excluding carboxylic acids is 1. The van der Waals surface area contributed by atoms with Crippen molar-refractivity contribution in [2.45, 2.75) is 26.3 Å². The SMILES string of the molecule is CCCCNC(=O)CN(C)Cc1cnn(-c2ccccc2)c1. The van der Waals surface area contributed by atoms with Crippen LogP contribution in [0.15, 0.2) is 42.7 Å². The summed E-state index contributed by atoms with van der Waals surface area (Å²) in [5, 5.41) is 7.30. The number of unbranched alkanes of at least 4 members (excludes halogenated alkanes) is 1. The number of rotatable bonds is 8. The van der Waals surface area contributed by atoms with Gasteiger partial charge in [0.25, 0.3) is 0 Å². The van der Waals surface area contributed by atoms with E-state index in [1.54, 1.807) is 0 Å². The van der Waals surface area contributed by atoms with Crippen molar-refractivity contribution in [3.8, 4) is 5.69 Å². The highest BCUT2D eigenvalue weighted by Crippen LogP contribution is 2.08. The first kappa shape index (κ1) is 16.2. The van der Waals surface area contributed by atoms with E-state index >= 15 is 0 Å². The van der Waals surface area contributed by atoms with Gasteiger partial charge in [0.15, 0.2) is 0 Å². The van der Waals surface area contributed by atoms with Crippen LogP contribution in [0.25, 0.3) is 5.69 Å². The molecule has 0 unspecified atom stereocenters. The van der Waals surface area contributed by atoms with Crippen LogP contribution in [0.5, 0.6) is 0 Å². The molecule has 1 heterocycles. The van der Waals surface area contributed by atoms with E-state index in [-0.39, 0.29) is 5.91 Å². The lowest BCUT2D eigenvalue weighted by molar-refractivity contribution is -0.122. The van der Waals surface area contributed by atoms with E-state index in [2.05, 4.69) is 17.3 Å². The van der Waals surface area contributed by atoms with E-state index in [0.717, 1.165) is 30.6 Å². The second-order valence-corrected chi connectivity index (χ2v) is 5.50. The molecule has 0 spiro atoms. The predicted molar refractivity (Wildman–Crippen MR) is 87.8 cm³/mol. The lowest BCUT2D eigenvalue weighted by Gasteiger charge is -2.15. The number of nitrogens with zero attached hydrogens (tertiary/aromatic N) is 3. The molecule has 0 saturated heterocycles. The van der Waals surface area contributed by atoms with Crippen LogP contribution in [-0.4, -0.2) is 40.7 Å². The molecular weight excluding hydrogens is 276 g/mol. The fourth-order valence-electron chi connectivity index (χ4n) is 2.24. The largest absolute Gasteiger partial charge is 0.355 e. The van der Waals surface area contributed by atoms with Crippen molar-refractivity contribution in [2.75, 3.05) is 20.1 Å². The average Bonchev–Trinajstić information content (AvgIpc) is 2.96. The van der Waals surface area contributed by atoms with E-state index in [9.17, 15) is 4.79 Å². The predicted octanol–water partition coefficient (Wildman–Crippen LogP) is 2.22. The summed E-state index contributed by atoms with van der Waals surface area (Å²) in [6.45, 7) is 3.98. The highest BCUT2D eigenvalue weighted by molar-refractivity contribution is 5.77. The van der Waals surface area contributed by atoms with E-state index < -0.39 is 0 Å². The third-order valence-electron chi connectivity index (χ3n) is 3.38. The lowest BCUT2D eigenvalue weighted by Crippen LogP contribution is -2.35. The van der Waals surface area contributed by atoms with Gasteiger partial charge in [-0.2, -0.15) is 5.10 Å². The topological polar surface area (TPSA) is 50.2 Å². The molecule has 0 radical (unpaired) electrons. The van der Waals surface area contributed by atoms with Crippen LogP contribution in [0.3, 0.4) is 0 Å². The maximum atomic E-state index is 11.8. The zero-order chi connectivity index (χ0) is 15.8. The van der Waals surface area contributed by atoms with Crippen LogP contribution in [0, 0.1) is 0 Å².